The number of nitrogens with one attached hydrogen (secondary N) is 2. The Labute approximate surface area is 179 Å². The fraction of sp³-hybridized carbons (Fsp3) is 0.217. The van der Waals surface area contributed by atoms with Crippen molar-refractivity contribution in [2.45, 2.75) is 13.1 Å². The Hall–Kier alpha value is -3.78. The standard InChI is InChI=1S/C23H23N7O/c1-29(2)14-22(31)30-12-16-4-3-15(9-18(16)13-30)23-24-8-7-21(27-23)26-19-5-6-20-17(10-19)11-25-28-20/h3-11H,12-14H2,1-2H3,(H,25,28)(H,24,26,27). The summed E-state index contributed by atoms with van der Waals surface area (Å²) in [5.74, 6) is 1.51. The Kier molecular flexibility index (Phi) is 4.83. The van der Waals surface area contributed by atoms with Gasteiger partial charge >= 0.3 is 0 Å². The maximum atomic E-state index is 12.4. The molecule has 1 amide bonds. The van der Waals surface area contributed by atoms with Crippen molar-refractivity contribution in [1.82, 2.24) is 30.0 Å². The molecule has 1 aliphatic rings. The van der Waals surface area contributed by atoms with E-state index in [9.17, 15) is 4.79 Å². The lowest BCUT2D eigenvalue weighted by Crippen LogP contribution is -2.34. The summed E-state index contributed by atoms with van der Waals surface area (Å²) in [6, 6.07) is 14.0. The van der Waals surface area contributed by atoms with E-state index in [2.05, 4.69) is 32.6 Å². The van der Waals surface area contributed by atoms with Crippen LogP contribution < -0.4 is 5.32 Å². The molecule has 0 bridgehead atoms. The van der Waals surface area contributed by atoms with Crippen molar-refractivity contribution in [2.75, 3.05) is 26.0 Å². The number of carbonyl (C=O) groups excluding carboxylic acids is 1. The third-order valence-corrected chi connectivity index (χ3v) is 5.36. The van der Waals surface area contributed by atoms with Crippen LogP contribution in [-0.2, 0) is 17.9 Å². The molecule has 0 aliphatic carbocycles. The number of H-pyrrole nitrogens is 1. The molecule has 8 heteroatoms. The van der Waals surface area contributed by atoms with Gasteiger partial charge in [0.25, 0.3) is 0 Å². The van der Waals surface area contributed by atoms with Crippen LogP contribution in [0.2, 0.25) is 0 Å². The zero-order valence-electron chi connectivity index (χ0n) is 17.5. The van der Waals surface area contributed by atoms with E-state index in [1.54, 1.807) is 12.4 Å². The van der Waals surface area contributed by atoms with Gasteiger partial charge in [-0.3, -0.25) is 9.89 Å². The number of nitrogens with zero attached hydrogens (tertiary/aromatic N) is 5. The summed E-state index contributed by atoms with van der Waals surface area (Å²) >= 11 is 0. The highest BCUT2D eigenvalue weighted by atomic mass is 16.2. The minimum absolute atomic E-state index is 0.139. The number of carbonyl (C=O) groups is 1. The highest BCUT2D eigenvalue weighted by molar-refractivity contribution is 5.82. The molecule has 2 N–H and O–H groups in total. The minimum Gasteiger partial charge on any atom is -0.340 e. The number of likely N-dealkylation sites (N-methyl/N-ethyl adjacent to an activating group) is 1. The van der Waals surface area contributed by atoms with Crippen LogP contribution in [0.5, 0.6) is 0 Å². The summed E-state index contributed by atoms with van der Waals surface area (Å²) in [5, 5.41) is 11.4. The second-order valence-corrected chi connectivity index (χ2v) is 8.03. The molecule has 0 saturated heterocycles. The number of benzene rings is 2. The van der Waals surface area contributed by atoms with Crippen LogP contribution >= 0.6 is 0 Å². The van der Waals surface area contributed by atoms with E-state index in [0.29, 0.717) is 25.5 Å². The molecular formula is C23H23N7O. The first-order valence-corrected chi connectivity index (χ1v) is 10.1. The number of rotatable bonds is 5. The molecule has 4 aromatic rings. The number of hydrogen-bond acceptors (Lipinski definition) is 6. The number of amides is 1. The normalized spacial score (nSPS) is 13.1. The SMILES string of the molecule is CN(C)CC(=O)N1Cc2ccc(-c3nccc(Nc4ccc5[nH]ncc5c4)n3)cc2C1. The zero-order chi connectivity index (χ0) is 21.4. The van der Waals surface area contributed by atoms with E-state index in [-0.39, 0.29) is 5.91 Å². The van der Waals surface area contributed by atoms with Crippen molar-refractivity contribution in [3.8, 4) is 11.4 Å². The summed E-state index contributed by atoms with van der Waals surface area (Å²) in [7, 11) is 3.82. The van der Waals surface area contributed by atoms with E-state index < -0.39 is 0 Å². The minimum atomic E-state index is 0.139. The van der Waals surface area contributed by atoms with Crippen LogP contribution in [0.15, 0.2) is 54.9 Å². The van der Waals surface area contributed by atoms with Crippen molar-refractivity contribution in [1.29, 1.82) is 0 Å². The molecular weight excluding hydrogens is 390 g/mol. The van der Waals surface area contributed by atoms with E-state index in [4.69, 9.17) is 4.98 Å². The van der Waals surface area contributed by atoms with Crippen molar-refractivity contribution in [3.05, 3.63) is 66.0 Å². The number of aromatic amines is 1. The Morgan fingerprint density at radius 1 is 1.13 bits per heavy atom. The molecule has 0 unspecified atom stereocenters. The fourth-order valence-electron chi connectivity index (χ4n) is 3.82. The highest BCUT2D eigenvalue weighted by Crippen LogP contribution is 2.28. The molecule has 2 aromatic carbocycles. The fourth-order valence-corrected chi connectivity index (χ4v) is 3.82. The third kappa shape index (κ3) is 3.97. The molecule has 31 heavy (non-hydrogen) atoms. The van der Waals surface area contributed by atoms with Crippen molar-refractivity contribution in [3.63, 3.8) is 0 Å². The van der Waals surface area contributed by atoms with E-state index in [1.807, 2.05) is 54.2 Å². The molecule has 1 aliphatic heterocycles. The Balaban J connectivity index is 1.35. The lowest BCUT2D eigenvalue weighted by molar-refractivity contribution is -0.132. The van der Waals surface area contributed by atoms with Gasteiger partial charge in [-0.15, -0.1) is 0 Å². The lowest BCUT2D eigenvalue weighted by atomic mass is 10.1. The van der Waals surface area contributed by atoms with Crippen molar-refractivity contribution >= 4 is 28.3 Å². The molecule has 2 aromatic heterocycles. The van der Waals surface area contributed by atoms with Gasteiger partial charge in [-0.2, -0.15) is 5.10 Å². The van der Waals surface area contributed by atoms with Crippen molar-refractivity contribution in [2.24, 2.45) is 0 Å². The number of fused-ring (bicyclic) bond motifs is 2. The largest absolute Gasteiger partial charge is 0.340 e. The van der Waals surface area contributed by atoms with Gasteiger partial charge < -0.3 is 15.1 Å². The van der Waals surface area contributed by atoms with Crippen LogP contribution in [0, 0.1) is 0 Å². The second-order valence-electron chi connectivity index (χ2n) is 8.03. The molecule has 8 nitrogen and oxygen atoms in total. The molecule has 0 saturated carbocycles. The summed E-state index contributed by atoms with van der Waals surface area (Å²) in [5.41, 5.74) is 5.19. The van der Waals surface area contributed by atoms with Gasteiger partial charge in [-0.05, 0) is 55.6 Å². The quantitative estimate of drug-likeness (QED) is 0.522. The second kappa shape index (κ2) is 7.81. The number of hydrogen-bond donors (Lipinski definition) is 2. The summed E-state index contributed by atoms with van der Waals surface area (Å²) in [6.45, 7) is 1.70. The highest BCUT2D eigenvalue weighted by Gasteiger charge is 2.24. The van der Waals surface area contributed by atoms with Gasteiger partial charge in [-0.1, -0.05) is 12.1 Å². The monoisotopic (exact) mass is 413 g/mol. The molecule has 0 spiro atoms. The van der Waals surface area contributed by atoms with Crippen molar-refractivity contribution < 1.29 is 4.79 Å². The van der Waals surface area contributed by atoms with Gasteiger partial charge in [-0.25, -0.2) is 9.97 Å². The maximum Gasteiger partial charge on any atom is 0.237 e. The van der Waals surface area contributed by atoms with Crippen LogP contribution in [-0.4, -0.2) is 56.5 Å². The third-order valence-electron chi connectivity index (χ3n) is 5.36. The van der Waals surface area contributed by atoms with Crippen LogP contribution in [0.1, 0.15) is 11.1 Å². The van der Waals surface area contributed by atoms with E-state index >= 15 is 0 Å². The molecule has 3 heterocycles. The van der Waals surface area contributed by atoms with Gasteiger partial charge in [0.1, 0.15) is 5.82 Å². The molecule has 0 atom stereocenters. The van der Waals surface area contributed by atoms with E-state index in [0.717, 1.165) is 33.5 Å². The first-order chi connectivity index (χ1) is 15.0. The topological polar surface area (TPSA) is 90.0 Å². The van der Waals surface area contributed by atoms with Crippen LogP contribution in [0.25, 0.3) is 22.3 Å². The Morgan fingerprint density at radius 2 is 2.00 bits per heavy atom. The average Bonchev–Trinajstić information content (AvgIpc) is 3.39. The Morgan fingerprint density at radius 3 is 2.87 bits per heavy atom. The average molecular weight is 413 g/mol. The summed E-state index contributed by atoms with van der Waals surface area (Å²) in [6.07, 6.45) is 3.55. The number of aromatic nitrogens is 4. The molecule has 156 valence electrons. The number of anilines is 2. The smallest absolute Gasteiger partial charge is 0.237 e. The van der Waals surface area contributed by atoms with Gasteiger partial charge in [0.2, 0.25) is 5.91 Å². The first-order valence-electron chi connectivity index (χ1n) is 10.1. The lowest BCUT2D eigenvalue weighted by Gasteiger charge is -2.18. The van der Waals surface area contributed by atoms with Gasteiger partial charge in [0, 0.05) is 35.9 Å². The zero-order valence-corrected chi connectivity index (χ0v) is 17.5. The molecule has 0 fully saturated rings. The van der Waals surface area contributed by atoms with E-state index in [1.165, 1.54) is 5.56 Å². The first kappa shape index (κ1) is 19.2. The molecule has 0 radical (unpaired) electrons. The van der Waals surface area contributed by atoms with Crippen LogP contribution in [0.4, 0.5) is 11.5 Å². The summed E-state index contributed by atoms with van der Waals surface area (Å²) in [4.78, 5) is 25.3. The Bertz CT molecular complexity index is 1260. The van der Waals surface area contributed by atoms with Gasteiger partial charge in [0.15, 0.2) is 5.82 Å². The predicted molar refractivity (Wildman–Crippen MR) is 120 cm³/mol. The molecule has 5 rings (SSSR count). The van der Waals surface area contributed by atoms with Gasteiger partial charge in [0.05, 0.1) is 18.3 Å². The summed E-state index contributed by atoms with van der Waals surface area (Å²) < 4.78 is 0. The predicted octanol–water partition coefficient (Wildman–Crippen LogP) is 3.17. The van der Waals surface area contributed by atoms with Crippen LogP contribution in [0.3, 0.4) is 0 Å². The maximum absolute atomic E-state index is 12.4.